The van der Waals surface area contributed by atoms with E-state index in [9.17, 15) is 14.4 Å². The minimum absolute atomic E-state index is 0.155. The highest BCUT2D eigenvalue weighted by molar-refractivity contribution is 7.19. The van der Waals surface area contributed by atoms with Crippen LogP contribution in [0.4, 0.5) is 0 Å². The van der Waals surface area contributed by atoms with Gasteiger partial charge in [-0.2, -0.15) is 0 Å². The number of Topliss-reactive ketones (excluding diaryl/α,β-unsaturated/α-hetero) is 1. The van der Waals surface area contributed by atoms with Crippen molar-refractivity contribution in [3.05, 3.63) is 66.1 Å². The van der Waals surface area contributed by atoms with Crippen molar-refractivity contribution in [2.75, 3.05) is 0 Å². The molecule has 6 nitrogen and oxygen atoms in total. The van der Waals surface area contributed by atoms with Gasteiger partial charge in [0.25, 0.3) is 5.56 Å². The van der Waals surface area contributed by atoms with Gasteiger partial charge in [0.15, 0.2) is 5.78 Å². The van der Waals surface area contributed by atoms with E-state index >= 15 is 0 Å². The number of benzene rings is 1. The first-order valence-corrected chi connectivity index (χ1v) is 10.0. The minimum atomic E-state index is -0.509. The highest BCUT2D eigenvalue weighted by atomic mass is 35.5. The van der Waals surface area contributed by atoms with Gasteiger partial charge in [-0.15, -0.1) is 11.3 Å². The van der Waals surface area contributed by atoms with Crippen molar-refractivity contribution in [2.24, 2.45) is 7.05 Å². The zero-order chi connectivity index (χ0) is 20.2. The van der Waals surface area contributed by atoms with Crippen LogP contribution in [0.3, 0.4) is 0 Å². The third-order valence-corrected chi connectivity index (χ3v) is 6.47. The predicted molar refractivity (Wildman–Crippen MR) is 110 cm³/mol. The predicted octanol–water partition coefficient (Wildman–Crippen LogP) is 3.15. The van der Waals surface area contributed by atoms with Crippen LogP contribution >= 0.6 is 22.9 Å². The number of nitrogens with zero attached hydrogens (tertiary/aromatic N) is 2. The first-order valence-electron chi connectivity index (χ1n) is 8.85. The topological polar surface area (TPSA) is 70.3 Å². The summed E-state index contributed by atoms with van der Waals surface area (Å²) in [4.78, 5) is 39.4. The molecule has 0 amide bonds. The molecular weight excluding hydrogens is 400 g/mol. The van der Waals surface area contributed by atoms with Gasteiger partial charge < -0.3 is 4.74 Å². The maximum atomic E-state index is 12.9. The largest absolute Gasteiger partial charge is 0.370 e. The standard InChI is InChI=1S/C20H19ClN2O4S/c1-20(2)8-15-13(10-27-20)16-17(28-15)18(25)22(3)19(26)23(16)9-14(24)11-4-6-12(21)7-5-11/h4-7H,8-10H2,1-3H3. The van der Waals surface area contributed by atoms with Crippen LogP contribution in [0, 0.1) is 0 Å². The Hall–Kier alpha value is -2.22. The molecular formula is C20H19ClN2O4S. The van der Waals surface area contributed by atoms with Crippen molar-refractivity contribution < 1.29 is 9.53 Å². The maximum Gasteiger partial charge on any atom is 0.331 e. The number of rotatable bonds is 3. The summed E-state index contributed by atoms with van der Waals surface area (Å²) in [6.45, 7) is 4.15. The lowest BCUT2D eigenvalue weighted by molar-refractivity contribution is -0.0384. The SMILES string of the molecule is Cn1c(=O)c2sc3c(c2n(CC(=O)c2ccc(Cl)cc2)c1=O)COC(C)(C)C3. The van der Waals surface area contributed by atoms with E-state index in [-0.39, 0.29) is 23.5 Å². The van der Waals surface area contributed by atoms with E-state index in [4.69, 9.17) is 16.3 Å². The van der Waals surface area contributed by atoms with Crippen LogP contribution in [0.2, 0.25) is 5.02 Å². The highest BCUT2D eigenvalue weighted by Gasteiger charge is 2.31. The summed E-state index contributed by atoms with van der Waals surface area (Å²) >= 11 is 7.28. The summed E-state index contributed by atoms with van der Waals surface area (Å²) in [5.41, 5.74) is 0.630. The van der Waals surface area contributed by atoms with E-state index < -0.39 is 5.69 Å². The Bertz CT molecular complexity index is 1220. The van der Waals surface area contributed by atoms with E-state index in [0.717, 1.165) is 15.0 Å². The molecule has 8 heteroatoms. The number of hydrogen-bond donors (Lipinski definition) is 0. The van der Waals surface area contributed by atoms with E-state index in [1.807, 2.05) is 13.8 Å². The summed E-state index contributed by atoms with van der Waals surface area (Å²) in [5, 5.41) is 0.532. The normalized spacial score (nSPS) is 15.6. The molecule has 0 saturated heterocycles. The van der Waals surface area contributed by atoms with E-state index in [1.54, 1.807) is 24.3 Å². The molecule has 0 unspecified atom stereocenters. The van der Waals surface area contributed by atoms with Gasteiger partial charge in [-0.3, -0.25) is 18.7 Å². The van der Waals surface area contributed by atoms with Crippen molar-refractivity contribution in [1.29, 1.82) is 0 Å². The molecule has 0 atom stereocenters. The van der Waals surface area contributed by atoms with Crippen LogP contribution in [0.15, 0.2) is 33.9 Å². The summed E-state index contributed by atoms with van der Waals surface area (Å²) in [5.74, 6) is -0.226. The van der Waals surface area contributed by atoms with Gasteiger partial charge in [-0.05, 0) is 38.1 Å². The van der Waals surface area contributed by atoms with E-state index in [2.05, 4.69) is 0 Å². The maximum absolute atomic E-state index is 12.9. The third-order valence-electron chi connectivity index (χ3n) is 5.01. The zero-order valence-corrected chi connectivity index (χ0v) is 17.3. The van der Waals surface area contributed by atoms with Crippen molar-refractivity contribution >= 4 is 38.9 Å². The van der Waals surface area contributed by atoms with Gasteiger partial charge >= 0.3 is 5.69 Å². The van der Waals surface area contributed by atoms with Gasteiger partial charge in [0.2, 0.25) is 0 Å². The Morgan fingerprint density at radius 1 is 1.25 bits per heavy atom. The molecule has 2 aromatic heterocycles. The van der Waals surface area contributed by atoms with Crippen molar-refractivity contribution in [3.63, 3.8) is 0 Å². The number of carbonyl (C=O) groups excluding carboxylic acids is 1. The molecule has 0 radical (unpaired) electrons. The van der Waals surface area contributed by atoms with Crippen LogP contribution in [0.5, 0.6) is 0 Å². The second kappa shape index (κ2) is 6.69. The number of fused-ring (bicyclic) bond motifs is 3. The summed E-state index contributed by atoms with van der Waals surface area (Å²) < 4.78 is 8.85. The molecule has 4 rings (SSSR count). The number of thiophene rings is 1. The van der Waals surface area contributed by atoms with Crippen LogP contribution in [0.1, 0.15) is 34.6 Å². The average Bonchev–Trinajstić information content (AvgIpc) is 3.01. The smallest absolute Gasteiger partial charge is 0.331 e. The van der Waals surface area contributed by atoms with Crippen molar-refractivity contribution in [1.82, 2.24) is 9.13 Å². The van der Waals surface area contributed by atoms with Gasteiger partial charge in [-0.1, -0.05) is 11.6 Å². The third kappa shape index (κ3) is 3.13. The molecule has 1 aliphatic heterocycles. The number of ether oxygens (including phenoxy) is 1. The van der Waals surface area contributed by atoms with Gasteiger partial charge in [0.1, 0.15) is 4.70 Å². The van der Waals surface area contributed by atoms with Crippen molar-refractivity contribution in [3.8, 4) is 0 Å². The van der Waals surface area contributed by atoms with Crippen molar-refractivity contribution in [2.45, 2.75) is 39.0 Å². The lowest BCUT2D eigenvalue weighted by atomic mass is 9.98. The highest BCUT2D eigenvalue weighted by Crippen LogP contribution is 2.37. The van der Waals surface area contributed by atoms with Gasteiger partial charge in [0.05, 0.1) is 24.3 Å². The first kappa shape index (κ1) is 19.1. The number of aromatic nitrogens is 2. The van der Waals surface area contributed by atoms with Crippen LogP contribution in [0.25, 0.3) is 10.2 Å². The number of hydrogen-bond acceptors (Lipinski definition) is 5. The number of halogens is 1. The number of ketones is 1. The molecule has 3 heterocycles. The van der Waals surface area contributed by atoms with E-state index in [1.165, 1.54) is 23.0 Å². The van der Waals surface area contributed by atoms with E-state index in [0.29, 0.717) is 33.8 Å². The van der Waals surface area contributed by atoms with Crippen LogP contribution < -0.4 is 11.2 Å². The molecule has 0 saturated carbocycles. The summed E-state index contributed by atoms with van der Waals surface area (Å²) in [7, 11) is 1.44. The Kier molecular flexibility index (Phi) is 4.56. The molecule has 0 fully saturated rings. The molecule has 0 aliphatic carbocycles. The molecule has 0 spiro atoms. The van der Waals surface area contributed by atoms with Crippen LogP contribution in [-0.4, -0.2) is 20.5 Å². The molecule has 1 aromatic carbocycles. The average molecular weight is 419 g/mol. The summed E-state index contributed by atoms with van der Waals surface area (Å²) in [6, 6.07) is 6.53. The number of carbonyl (C=O) groups is 1. The lowest BCUT2D eigenvalue weighted by Gasteiger charge is -2.30. The molecule has 28 heavy (non-hydrogen) atoms. The molecule has 0 bridgehead atoms. The quantitative estimate of drug-likeness (QED) is 0.612. The second-order valence-corrected chi connectivity index (χ2v) is 9.11. The Labute approximate surface area is 169 Å². The van der Waals surface area contributed by atoms with Crippen LogP contribution in [-0.2, 0) is 31.4 Å². The Morgan fingerprint density at radius 2 is 1.93 bits per heavy atom. The van der Waals surface area contributed by atoms with Gasteiger partial charge in [0, 0.05) is 34.5 Å². The Balaban J connectivity index is 1.89. The fourth-order valence-corrected chi connectivity index (χ4v) is 5.09. The molecule has 3 aromatic rings. The Morgan fingerprint density at radius 3 is 2.61 bits per heavy atom. The molecule has 0 N–H and O–H groups in total. The summed E-state index contributed by atoms with van der Waals surface area (Å²) in [6.07, 6.45) is 0.657. The monoisotopic (exact) mass is 418 g/mol. The molecule has 146 valence electrons. The first-order chi connectivity index (χ1) is 13.2. The fraction of sp³-hybridized carbons (Fsp3) is 0.350. The fourth-order valence-electron chi connectivity index (χ4n) is 3.46. The zero-order valence-electron chi connectivity index (χ0n) is 15.7. The lowest BCUT2D eigenvalue weighted by Crippen LogP contribution is -2.39. The second-order valence-electron chi connectivity index (χ2n) is 7.57. The molecule has 1 aliphatic rings. The van der Waals surface area contributed by atoms with Gasteiger partial charge in [-0.25, -0.2) is 4.79 Å². The minimum Gasteiger partial charge on any atom is -0.370 e.